The molecular weight excluding hydrogens is 381 g/mol. The smallest absolute Gasteiger partial charge is 0.326 e. The van der Waals surface area contributed by atoms with E-state index in [4.69, 9.17) is 0 Å². The zero-order valence-electron chi connectivity index (χ0n) is 15.2. The molecule has 0 fully saturated rings. The van der Waals surface area contributed by atoms with Crippen LogP contribution in [0.3, 0.4) is 0 Å². The van der Waals surface area contributed by atoms with E-state index in [1.165, 1.54) is 12.1 Å². The fraction of sp³-hybridized carbons (Fsp3) is 0.0909. The zero-order chi connectivity index (χ0) is 20.9. The minimum absolute atomic E-state index is 0.204. The van der Waals surface area contributed by atoms with Crippen molar-refractivity contribution in [1.29, 1.82) is 0 Å². The highest BCUT2D eigenvalue weighted by Gasteiger charge is 2.30. The number of halogens is 3. The van der Waals surface area contributed by atoms with Crippen LogP contribution >= 0.6 is 0 Å². The van der Waals surface area contributed by atoms with Crippen molar-refractivity contribution in [3.63, 3.8) is 0 Å². The van der Waals surface area contributed by atoms with Gasteiger partial charge in [0.1, 0.15) is 0 Å². The molecular formula is C22H17F3N2O2. The Morgan fingerprint density at radius 3 is 2.10 bits per heavy atom. The summed E-state index contributed by atoms with van der Waals surface area (Å²) in [6.45, 7) is 0. The molecule has 3 aromatic rings. The number of anilines is 2. The summed E-state index contributed by atoms with van der Waals surface area (Å²) in [5.74, 6) is -0.756. The van der Waals surface area contributed by atoms with Gasteiger partial charge >= 0.3 is 6.18 Å². The first-order valence-corrected chi connectivity index (χ1v) is 8.74. The van der Waals surface area contributed by atoms with Crippen LogP contribution in [0, 0.1) is 0 Å². The van der Waals surface area contributed by atoms with Gasteiger partial charge < -0.3 is 10.6 Å². The van der Waals surface area contributed by atoms with Crippen LogP contribution in [0.4, 0.5) is 24.5 Å². The molecule has 4 nitrogen and oxygen atoms in total. The summed E-state index contributed by atoms with van der Waals surface area (Å²) in [5, 5.41) is 5.36. The molecule has 0 radical (unpaired) electrons. The van der Waals surface area contributed by atoms with Gasteiger partial charge in [0.2, 0.25) is 5.91 Å². The average Bonchev–Trinajstić information content (AvgIpc) is 2.68. The molecule has 148 valence electrons. The maximum absolute atomic E-state index is 12.8. The van der Waals surface area contributed by atoms with E-state index in [-0.39, 0.29) is 17.9 Å². The number of hydrogen-bond donors (Lipinski definition) is 2. The zero-order valence-corrected chi connectivity index (χ0v) is 15.2. The fourth-order valence-corrected chi connectivity index (χ4v) is 2.72. The third-order valence-corrected chi connectivity index (χ3v) is 4.06. The lowest BCUT2D eigenvalue weighted by Gasteiger charge is -2.10. The van der Waals surface area contributed by atoms with Gasteiger partial charge in [-0.1, -0.05) is 42.5 Å². The molecule has 0 aliphatic heterocycles. The van der Waals surface area contributed by atoms with Crippen molar-refractivity contribution < 1.29 is 22.8 Å². The van der Waals surface area contributed by atoms with Gasteiger partial charge in [-0.3, -0.25) is 9.59 Å². The molecule has 0 aliphatic carbocycles. The summed E-state index contributed by atoms with van der Waals surface area (Å²) in [5.41, 5.74) is 0.856. The number of nitrogens with one attached hydrogen (secondary N) is 2. The number of carbonyl (C=O) groups excluding carboxylic acids is 2. The van der Waals surface area contributed by atoms with Crippen molar-refractivity contribution in [2.45, 2.75) is 12.6 Å². The summed E-state index contributed by atoms with van der Waals surface area (Å²) < 4.78 is 38.4. The molecule has 0 aliphatic rings. The van der Waals surface area contributed by atoms with Crippen LogP contribution in [0.15, 0.2) is 78.9 Å². The van der Waals surface area contributed by atoms with Crippen molar-refractivity contribution >= 4 is 23.2 Å². The van der Waals surface area contributed by atoms with Gasteiger partial charge in [0, 0.05) is 16.9 Å². The molecule has 0 unspecified atom stereocenters. The van der Waals surface area contributed by atoms with Crippen LogP contribution in [0.1, 0.15) is 21.5 Å². The number of rotatable bonds is 5. The summed E-state index contributed by atoms with van der Waals surface area (Å²) in [7, 11) is 0. The van der Waals surface area contributed by atoms with Crippen LogP contribution in [-0.2, 0) is 17.4 Å². The summed E-state index contributed by atoms with van der Waals surface area (Å²) in [6, 6.07) is 19.8. The number of amides is 2. The monoisotopic (exact) mass is 398 g/mol. The number of alkyl halides is 3. The van der Waals surface area contributed by atoms with Gasteiger partial charge in [-0.05, 0) is 42.0 Å². The van der Waals surface area contributed by atoms with Gasteiger partial charge in [0.25, 0.3) is 5.91 Å². The lowest BCUT2D eigenvalue weighted by molar-refractivity contribution is -0.137. The molecule has 0 saturated carbocycles. The highest BCUT2D eigenvalue weighted by molar-refractivity contribution is 6.04. The first kappa shape index (κ1) is 20.1. The average molecular weight is 398 g/mol. The van der Waals surface area contributed by atoms with Gasteiger partial charge in [-0.25, -0.2) is 0 Å². The van der Waals surface area contributed by atoms with Gasteiger partial charge in [0.15, 0.2) is 0 Å². The van der Waals surface area contributed by atoms with Gasteiger partial charge in [0.05, 0.1) is 12.0 Å². The molecule has 2 amide bonds. The van der Waals surface area contributed by atoms with E-state index in [0.717, 1.165) is 12.1 Å². The Kier molecular flexibility index (Phi) is 5.97. The summed E-state index contributed by atoms with van der Waals surface area (Å²) in [4.78, 5) is 24.4. The Labute approximate surface area is 165 Å². The van der Waals surface area contributed by atoms with E-state index in [1.54, 1.807) is 54.6 Å². The maximum atomic E-state index is 12.8. The molecule has 0 spiro atoms. The Bertz CT molecular complexity index is 1020. The molecule has 7 heteroatoms. The maximum Gasteiger partial charge on any atom is 0.416 e. The second kappa shape index (κ2) is 8.60. The Morgan fingerprint density at radius 1 is 0.759 bits per heavy atom. The number of benzene rings is 3. The minimum atomic E-state index is -4.46. The van der Waals surface area contributed by atoms with E-state index in [0.29, 0.717) is 16.9 Å². The third-order valence-electron chi connectivity index (χ3n) is 4.06. The van der Waals surface area contributed by atoms with Crippen molar-refractivity contribution in [3.05, 3.63) is 95.6 Å². The quantitative estimate of drug-likeness (QED) is 0.625. The van der Waals surface area contributed by atoms with Crippen LogP contribution in [0.5, 0.6) is 0 Å². The van der Waals surface area contributed by atoms with Crippen molar-refractivity contribution in [1.82, 2.24) is 0 Å². The van der Waals surface area contributed by atoms with E-state index < -0.39 is 17.6 Å². The first-order chi connectivity index (χ1) is 13.8. The molecule has 0 atom stereocenters. The van der Waals surface area contributed by atoms with Crippen molar-refractivity contribution in [2.24, 2.45) is 0 Å². The standard InChI is InChI=1S/C22H17F3N2O2/c23-22(24,25)17-9-4-6-15(12-17)13-20(28)26-18-10-5-11-19(14-18)27-21(29)16-7-2-1-3-8-16/h1-12,14H,13H2,(H,26,28)(H,27,29). The minimum Gasteiger partial charge on any atom is -0.326 e. The van der Waals surface area contributed by atoms with E-state index in [1.807, 2.05) is 0 Å². The highest BCUT2D eigenvalue weighted by atomic mass is 19.4. The highest BCUT2D eigenvalue weighted by Crippen LogP contribution is 2.29. The second-order valence-electron chi connectivity index (χ2n) is 6.32. The lowest BCUT2D eigenvalue weighted by Crippen LogP contribution is -2.16. The molecule has 3 aromatic carbocycles. The fourth-order valence-electron chi connectivity index (χ4n) is 2.72. The predicted octanol–water partition coefficient (Wildman–Crippen LogP) is 5.14. The van der Waals surface area contributed by atoms with Crippen LogP contribution < -0.4 is 10.6 Å². The normalized spacial score (nSPS) is 11.0. The molecule has 0 heterocycles. The SMILES string of the molecule is O=C(Cc1cccc(C(F)(F)F)c1)Nc1cccc(NC(=O)c2ccccc2)c1. The Hall–Kier alpha value is -3.61. The summed E-state index contributed by atoms with van der Waals surface area (Å²) >= 11 is 0. The van der Waals surface area contributed by atoms with E-state index >= 15 is 0 Å². The van der Waals surface area contributed by atoms with E-state index in [2.05, 4.69) is 10.6 Å². The van der Waals surface area contributed by atoms with Crippen molar-refractivity contribution in [2.75, 3.05) is 10.6 Å². The van der Waals surface area contributed by atoms with Gasteiger partial charge in [-0.15, -0.1) is 0 Å². The Morgan fingerprint density at radius 2 is 1.41 bits per heavy atom. The van der Waals surface area contributed by atoms with Crippen LogP contribution in [-0.4, -0.2) is 11.8 Å². The molecule has 2 N–H and O–H groups in total. The van der Waals surface area contributed by atoms with Crippen molar-refractivity contribution in [3.8, 4) is 0 Å². The summed E-state index contributed by atoms with van der Waals surface area (Å²) in [6.07, 6.45) is -4.66. The second-order valence-corrected chi connectivity index (χ2v) is 6.32. The van der Waals surface area contributed by atoms with Crippen LogP contribution in [0.25, 0.3) is 0 Å². The first-order valence-electron chi connectivity index (χ1n) is 8.74. The molecule has 3 rings (SSSR count). The van der Waals surface area contributed by atoms with Gasteiger partial charge in [-0.2, -0.15) is 13.2 Å². The van der Waals surface area contributed by atoms with Crippen LogP contribution in [0.2, 0.25) is 0 Å². The Balaban J connectivity index is 1.64. The number of hydrogen-bond acceptors (Lipinski definition) is 2. The molecule has 0 bridgehead atoms. The topological polar surface area (TPSA) is 58.2 Å². The molecule has 0 aromatic heterocycles. The largest absolute Gasteiger partial charge is 0.416 e. The molecule has 0 saturated heterocycles. The third kappa shape index (κ3) is 5.68. The lowest BCUT2D eigenvalue weighted by atomic mass is 10.1. The molecule has 29 heavy (non-hydrogen) atoms. The number of carbonyl (C=O) groups is 2. The predicted molar refractivity (Wildman–Crippen MR) is 105 cm³/mol. The van der Waals surface area contributed by atoms with E-state index in [9.17, 15) is 22.8 Å².